The largest absolute Gasteiger partial charge is 0.312 e. The predicted molar refractivity (Wildman–Crippen MR) is 90.7 cm³/mol. The molecule has 3 rings (SSSR count). The first-order valence-corrected chi connectivity index (χ1v) is 8.85. The van der Waals surface area contributed by atoms with Crippen LogP contribution < -0.4 is 5.32 Å². The molecule has 0 saturated heterocycles. The van der Waals surface area contributed by atoms with Crippen molar-refractivity contribution in [3.05, 3.63) is 40.2 Å². The van der Waals surface area contributed by atoms with Crippen LogP contribution in [0.25, 0.3) is 11.3 Å². The van der Waals surface area contributed by atoms with Gasteiger partial charge < -0.3 is 5.32 Å². The van der Waals surface area contributed by atoms with Crippen molar-refractivity contribution in [3.8, 4) is 11.3 Å². The lowest BCUT2D eigenvalue weighted by Crippen LogP contribution is -2.11. The lowest BCUT2D eigenvalue weighted by Gasteiger charge is -2.04. The Hall–Kier alpha value is -1.19. The van der Waals surface area contributed by atoms with Gasteiger partial charge >= 0.3 is 0 Å². The molecular weight excluding hydrogens is 276 g/mol. The number of benzene rings is 1. The molecule has 2 unspecified atom stereocenters. The van der Waals surface area contributed by atoms with E-state index in [1.54, 1.807) is 0 Å². The molecular formula is C18H24N2S. The second-order valence-electron chi connectivity index (χ2n) is 6.09. The second kappa shape index (κ2) is 6.71. The Kier molecular flexibility index (Phi) is 4.71. The maximum absolute atomic E-state index is 5.03. The molecule has 1 N–H and O–H groups in total. The lowest BCUT2D eigenvalue weighted by molar-refractivity contribution is 0.596. The summed E-state index contributed by atoms with van der Waals surface area (Å²) in [5, 5.41) is 4.81. The van der Waals surface area contributed by atoms with E-state index in [2.05, 4.69) is 49.5 Å². The Morgan fingerprint density at radius 2 is 2.05 bits per heavy atom. The van der Waals surface area contributed by atoms with Crippen molar-refractivity contribution in [3.63, 3.8) is 0 Å². The highest BCUT2D eigenvalue weighted by molar-refractivity contribution is 7.12. The van der Waals surface area contributed by atoms with E-state index in [0.717, 1.165) is 19.0 Å². The summed E-state index contributed by atoms with van der Waals surface area (Å²) < 4.78 is 0. The van der Waals surface area contributed by atoms with Crippen LogP contribution in [0.2, 0.25) is 0 Å². The average Bonchev–Trinajstić information content (AvgIpc) is 3.12. The zero-order valence-corrected chi connectivity index (χ0v) is 13.7. The Labute approximate surface area is 131 Å². The third kappa shape index (κ3) is 3.35. The van der Waals surface area contributed by atoms with Crippen LogP contribution in [0.5, 0.6) is 0 Å². The highest BCUT2D eigenvalue weighted by Crippen LogP contribution is 2.41. The molecule has 2 atom stereocenters. The first-order chi connectivity index (χ1) is 10.3. The van der Waals surface area contributed by atoms with Gasteiger partial charge in [0.1, 0.15) is 0 Å². The fourth-order valence-corrected chi connectivity index (χ4v) is 4.36. The fraction of sp³-hybridized carbons (Fsp3) is 0.500. The van der Waals surface area contributed by atoms with Gasteiger partial charge in [0.2, 0.25) is 0 Å². The lowest BCUT2D eigenvalue weighted by atomic mass is 10.1. The van der Waals surface area contributed by atoms with E-state index in [1.165, 1.54) is 40.4 Å². The minimum Gasteiger partial charge on any atom is -0.312 e. The Morgan fingerprint density at radius 1 is 1.24 bits per heavy atom. The molecule has 1 heterocycles. The molecule has 1 aromatic heterocycles. The van der Waals surface area contributed by atoms with Crippen molar-refractivity contribution in [1.82, 2.24) is 10.3 Å². The highest BCUT2D eigenvalue weighted by Gasteiger charge is 2.26. The van der Waals surface area contributed by atoms with Crippen LogP contribution in [0.4, 0.5) is 0 Å². The van der Waals surface area contributed by atoms with Crippen molar-refractivity contribution in [2.75, 3.05) is 6.54 Å². The van der Waals surface area contributed by atoms with Gasteiger partial charge in [0, 0.05) is 22.9 Å². The van der Waals surface area contributed by atoms with Gasteiger partial charge in [0.05, 0.1) is 10.7 Å². The van der Waals surface area contributed by atoms with E-state index < -0.39 is 0 Å². The van der Waals surface area contributed by atoms with E-state index in [1.807, 2.05) is 11.3 Å². The van der Waals surface area contributed by atoms with Gasteiger partial charge in [-0.15, -0.1) is 11.3 Å². The summed E-state index contributed by atoms with van der Waals surface area (Å²) in [7, 11) is 0. The van der Waals surface area contributed by atoms with Crippen molar-refractivity contribution in [1.29, 1.82) is 0 Å². The molecule has 0 amide bonds. The standard InChI is InChI=1S/C18H24N2S/c1-3-19-12-16-17(14-7-5-4-6-8-14)20-18(21-16)15-10-9-13(2)11-15/h4-8,13,15,19H,3,9-12H2,1-2H3. The Morgan fingerprint density at radius 3 is 2.71 bits per heavy atom. The average molecular weight is 300 g/mol. The molecule has 21 heavy (non-hydrogen) atoms. The quantitative estimate of drug-likeness (QED) is 0.856. The number of hydrogen-bond acceptors (Lipinski definition) is 3. The summed E-state index contributed by atoms with van der Waals surface area (Å²) in [6.07, 6.45) is 3.97. The van der Waals surface area contributed by atoms with Crippen LogP contribution in [0.3, 0.4) is 0 Å². The molecule has 112 valence electrons. The fourth-order valence-electron chi connectivity index (χ4n) is 3.16. The van der Waals surface area contributed by atoms with Crippen LogP contribution >= 0.6 is 11.3 Å². The summed E-state index contributed by atoms with van der Waals surface area (Å²) in [4.78, 5) is 6.41. The minimum absolute atomic E-state index is 0.683. The van der Waals surface area contributed by atoms with Crippen LogP contribution in [0, 0.1) is 5.92 Å². The monoisotopic (exact) mass is 300 g/mol. The van der Waals surface area contributed by atoms with E-state index in [9.17, 15) is 0 Å². The molecule has 1 fully saturated rings. The molecule has 0 radical (unpaired) electrons. The summed E-state index contributed by atoms with van der Waals surface area (Å²) in [6.45, 7) is 6.46. The molecule has 0 aliphatic heterocycles. The molecule has 1 saturated carbocycles. The molecule has 0 bridgehead atoms. The van der Waals surface area contributed by atoms with Crippen molar-refractivity contribution >= 4 is 11.3 Å². The summed E-state index contributed by atoms with van der Waals surface area (Å²) >= 11 is 1.92. The van der Waals surface area contributed by atoms with Gasteiger partial charge in [-0.1, -0.05) is 50.6 Å². The van der Waals surface area contributed by atoms with Gasteiger partial charge in [-0.05, 0) is 25.3 Å². The predicted octanol–water partition coefficient (Wildman–Crippen LogP) is 4.82. The number of nitrogens with one attached hydrogen (secondary N) is 1. The zero-order chi connectivity index (χ0) is 14.7. The molecule has 0 spiro atoms. The third-order valence-corrected chi connectivity index (χ3v) is 5.56. The Bertz CT molecular complexity index is 576. The molecule has 1 aliphatic carbocycles. The molecule has 1 aromatic carbocycles. The van der Waals surface area contributed by atoms with Crippen LogP contribution in [-0.4, -0.2) is 11.5 Å². The van der Waals surface area contributed by atoms with Gasteiger partial charge in [-0.3, -0.25) is 0 Å². The summed E-state index contributed by atoms with van der Waals surface area (Å²) in [5.41, 5.74) is 2.44. The summed E-state index contributed by atoms with van der Waals surface area (Å²) in [5.74, 6) is 1.54. The van der Waals surface area contributed by atoms with Gasteiger partial charge in [-0.2, -0.15) is 0 Å². The number of thiazole rings is 1. The van der Waals surface area contributed by atoms with Gasteiger partial charge in [0.15, 0.2) is 0 Å². The first kappa shape index (κ1) is 14.7. The normalized spacial score (nSPS) is 21.8. The van der Waals surface area contributed by atoms with E-state index in [4.69, 9.17) is 4.98 Å². The third-order valence-electron chi connectivity index (χ3n) is 4.34. The van der Waals surface area contributed by atoms with E-state index in [-0.39, 0.29) is 0 Å². The molecule has 3 heteroatoms. The molecule has 1 aliphatic rings. The molecule has 2 aromatic rings. The number of rotatable bonds is 5. The van der Waals surface area contributed by atoms with Crippen molar-refractivity contribution in [2.24, 2.45) is 5.92 Å². The minimum atomic E-state index is 0.683. The smallest absolute Gasteiger partial charge is 0.0966 e. The van der Waals surface area contributed by atoms with Gasteiger partial charge in [0.25, 0.3) is 0 Å². The van der Waals surface area contributed by atoms with Gasteiger partial charge in [-0.25, -0.2) is 4.98 Å². The first-order valence-electron chi connectivity index (χ1n) is 8.03. The van der Waals surface area contributed by atoms with Crippen LogP contribution in [0.1, 0.15) is 48.9 Å². The maximum Gasteiger partial charge on any atom is 0.0966 e. The van der Waals surface area contributed by atoms with E-state index >= 15 is 0 Å². The van der Waals surface area contributed by atoms with E-state index in [0.29, 0.717) is 5.92 Å². The van der Waals surface area contributed by atoms with Crippen LogP contribution in [0.15, 0.2) is 30.3 Å². The van der Waals surface area contributed by atoms with Crippen molar-refractivity contribution < 1.29 is 0 Å². The Balaban J connectivity index is 1.91. The topological polar surface area (TPSA) is 24.9 Å². The number of hydrogen-bond donors (Lipinski definition) is 1. The second-order valence-corrected chi connectivity index (χ2v) is 7.20. The SMILES string of the molecule is CCNCc1sc(C2CCC(C)C2)nc1-c1ccccc1. The molecule has 2 nitrogen and oxygen atoms in total. The highest BCUT2D eigenvalue weighted by atomic mass is 32.1. The summed E-state index contributed by atoms with van der Waals surface area (Å²) in [6, 6.07) is 10.6. The van der Waals surface area contributed by atoms with Crippen LogP contribution in [-0.2, 0) is 6.54 Å². The number of aromatic nitrogens is 1. The van der Waals surface area contributed by atoms with Crippen molar-refractivity contribution in [2.45, 2.75) is 45.6 Å². The maximum atomic E-state index is 5.03. The number of nitrogens with zero attached hydrogens (tertiary/aromatic N) is 1. The zero-order valence-electron chi connectivity index (χ0n) is 12.9.